The van der Waals surface area contributed by atoms with E-state index in [-0.39, 0.29) is 11.7 Å². The Morgan fingerprint density at radius 1 is 1.29 bits per heavy atom. The maximum Gasteiger partial charge on any atom is 0.251 e. The van der Waals surface area contributed by atoms with Crippen molar-refractivity contribution in [2.24, 2.45) is 0 Å². The molecule has 0 fully saturated rings. The van der Waals surface area contributed by atoms with Crippen molar-refractivity contribution in [3.05, 3.63) is 58.1 Å². The van der Waals surface area contributed by atoms with Gasteiger partial charge in [-0.15, -0.1) is 0 Å². The average Bonchev–Trinajstić information content (AvgIpc) is 2.47. The minimum Gasteiger partial charge on any atom is -0.508 e. The number of carbonyl (C=O) groups excluding carboxylic acids is 1. The molecule has 0 unspecified atom stereocenters. The van der Waals surface area contributed by atoms with Gasteiger partial charge < -0.3 is 15.7 Å². The van der Waals surface area contributed by atoms with Crippen molar-refractivity contribution in [3.8, 4) is 5.75 Å². The second-order valence-electron chi connectivity index (χ2n) is 4.70. The fourth-order valence-corrected chi connectivity index (χ4v) is 2.24. The Hall–Kier alpha value is -2.20. The molecule has 0 radical (unpaired) electrons. The van der Waals surface area contributed by atoms with Crippen LogP contribution in [0.4, 0.5) is 5.69 Å². The summed E-state index contributed by atoms with van der Waals surface area (Å²) in [5.41, 5.74) is 3.04. The van der Waals surface area contributed by atoms with Gasteiger partial charge in [0.05, 0.1) is 0 Å². The lowest BCUT2D eigenvalue weighted by Crippen LogP contribution is -2.18. The van der Waals surface area contributed by atoms with Crippen LogP contribution >= 0.6 is 11.6 Å². The summed E-state index contributed by atoms with van der Waals surface area (Å²) in [6, 6.07) is 10.4. The van der Waals surface area contributed by atoms with Crippen molar-refractivity contribution in [2.75, 3.05) is 12.4 Å². The molecule has 4 nitrogen and oxygen atoms in total. The van der Waals surface area contributed by atoms with E-state index in [2.05, 4.69) is 10.6 Å². The first kappa shape index (κ1) is 15.2. The van der Waals surface area contributed by atoms with Gasteiger partial charge in [0, 0.05) is 35.4 Å². The summed E-state index contributed by atoms with van der Waals surface area (Å²) >= 11 is 6.08. The topological polar surface area (TPSA) is 61.4 Å². The van der Waals surface area contributed by atoms with Crippen LogP contribution in [-0.4, -0.2) is 18.1 Å². The molecule has 2 aromatic carbocycles. The highest BCUT2D eigenvalue weighted by atomic mass is 35.5. The van der Waals surface area contributed by atoms with E-state index < -0.39 is 0 Å². The SMILES string of the molecule is CNC(=O)c1ccc(C)c(NCc2c(O)cccc2Cl)c1. The van der Waals surface area contributed by atoms with E-state index in [1.807, 2.05) is 13.0 Å². The predicted molar refractivity (Wildman–Crippen MR) is 85.0 cm³/mol. The third-order valence-electron chi connectivity index (χ3n) is 3.28. The number of carbonyl (C=O) groups is 1. The van der Waals surface area contributed by atoms with Crippen LogP contribution in [-0.2, 0) is 6.54 Å². The maximum atomic E-state index is 11.7. The molecule has 0 saturated carbocycles. The number of phenolic OH excluding ortho intramolecular Hbond substituents is 1. The fourth-order valence-electron chi connectivity index (χ4n) is 2.00. The molecule has 0 aromatic heterocycles. The summed E-state index contributed by atoms with van der Waals surface area (Å²) in [5, 5.41) is 16.1. The van der Waals surface area contributed by atoms with Gasteiger partial charge in [-0.25, -0.2) is 0 Å². The first-order chi connectivity index (χ1) is 10.0. The monoisotopic (exact) mass is 304 g/mol. The van der Waals surface area contributed by atoms with Gasteiger partial charge in [0.1, 0.15) is 5.75 Å². The summed E-state index contributed by atoms with van der Waals surface area (Å²) in [6.07, 6.45) is 0. The van der Waals surface area contributed by atoms with Gasteiger partial charge in [-0.1, -0.05) is 23.7 Å². The molecule has 2 aromatic rings. The molecule has 3 N–H and O–H groups in total. The third-order valence-corrected chi connectivity index (χ3v) is 3.63. The number of halogens is 1. The van der Waals surface area contributed by atoms with Gasteiger partial charge in [0.25, 0.3) is 5.91 Å². The molecule has 0 aliphatic carbocycles. The first-order valence-electron chi connectivity index (χ1n) is 6.56. The number of anilines is 1. The van der Waals surface area contributed by atoms with Crippen LogP contribution in [0.15, 0.2) is 36.4 Å². The second kappa shape index (κ2) is 6.50. The van der Waals surface area contributed by atoms with Crippen LogP contribution in [0.2, 0.25) is 5.02 Å². The first-order valence-corrected chi connectivity index (χ1v) is 6.93. The largest absolute Gasteiger partial charge is 0.508 e. The van der Waals surface area contributed by atoms with E-state index in [0.717, 1.165) is 11.3 Å². The Labute approximate surface area is 128 Å². The number of rotatable bonds is 4. The van der Waals surface area contributed by atoms with Crippen LogP contribution in [0.1, 0.15) is 21.5 Å². The van der Waals surface area contributed by atoms with Gasteiger partial charge in [0.15, 0.2) is 0 Å². The van der Waals surface area contributed by atoms with Gasteiger partial charge in [-0.05, 0) is 36.8 Å². The Kier molecular flexibility index (Phi) is 4.70. The molecule has 0 spiro atoms. The van der Waals surface area contributed by atoms with Crippen molar-refractivity contribution >= 4 is 23.2 Å². The quantitative estimate of drug-likeness (QED) is 0.812. The van der Waals surface area contributed by atoms with E-state index in [4.69, 9.17) is 11.6 Å². The number of nitrogens with one attached hydrogen (secondary N) is 2. The lowest BCUT2D eigenvalue weighted by atomic mass is 10.1. The summed E-state index contributed by atoms with van der Waals surface area (Å²) in [6.45, 7) is 2.33. The van der Waals surface area contributed by atoms with Gasteiger partial charge in [-0.2, -0.15) is 0 Å². The maximum absolute atomic E-state index is 11.7. The fraction of sp³-hybridized carbons (Fsp3) is 0.188. The number of aryl methyl sites for hydroxylation is 1. The summed E-state index contributed by atoms with van der Waals surface area (Å²) in [4.78, 5) is 11.7. The molecule has 0 bridgehead atoms. The van der Waals surface area contributed by atoms with Crippen LogP contribution in [0.3, 0.4) is 0 Å². The van der Waals surface area contributed by atoms with Gasteiger partial charge in [0.2, 0.25) is 0 Å². The van der Waals surface area contributed by atoms with Gasteiger partial charge >= 0.3 is 0 Å². The van der Waals surface area contributed by atoms with E-state index in [1.54, 1.807) is 37.4 Å². The number of hydrogen-bond acceptors (Lipinski definition) is 3. The van der Waals surface area contributed by atoms with Crippen molar-refractivity contribution in [1.29, 1.82) is 0 Å². The Bertz CT molecular complexity index is 651. The van der Waals surface area contributed by atoms with Crippen molar-refractivity contribution in [1.82, 2.24) is 5.32 Å². The zero-order valence-corrected chi connectivity index (χ0v) is 12.7. The van der Waals surface area contributed by atoms with Crippen LogP contribution in [0, 0.1) is 6.92 Å². The Morgan fingerprint density at radius 3 is 2.71 bits per heavy atom. The molecule has 0 aliphatic heterocycles. The van der Waals surface area contributed by atoms with E-state index in [1.165, 1.54) is 0 Å². The van der Waals surface area contributed by atoms with Crippen LogP contribution in [0.25, 0.3) is 0 Å². The van der Waals surface area contributed by atoms with E-state index in [9.17, 15) is 9.90 Å². The number of aromatic hydroxyl groups is 1. The Balaban J connectivity index is 2.22. The molecule has 5 heteroatoms. The standard InChI is InChI=1S/C16H17ClN2O2/c1-10-6-7-11(16(21)18-2)8-14(10)19-9-12-13(17)4-3-5-15(12)20/h3-8,19-20H,9H2,1-2H3,(H,18,21). The molecular formula is C16H17ClN2O2. The Morgan fingerprint density at radius 2 is 2.05 bits per heavy atom. The molecular weight excluding hydrogens is 288 g/mol. The molecule has 0 heterocycles. The molecule has 0 saturated heterocycles. The molecule has 0 atom stereocenters. The minimum atomic E-state index is -0.140. The van der Waals surface area contributed by atoms with E-state index >= 15 is 0 Å². The smallest absolute Gasteiger partial charge is 0.251 e. The molecule has 2 rings (SSSR count). The zero-order valence-electron chi connectivity index (χ0n) is 11.9. The van der Waals surface area contributed by atoms with Crippen LogP contribution < -0.4 is 10.6 Å². The lowest BCUT2D eigenvalue weighted by molar-refractivity contribution is 0.0963. The molecule has 1 amide bonds. The predicted octanol–water partition coefficient (Wildman–Crippen LogP) is 3.33. The highest BCUT2D eigenvalue weighted by Gasteiger charge is 2.09. The summed E-state index contributed by atoms with van der Waals surface area (Å²) in [5.74, 6) is 0.00810. The number of benzene rings is 2. The van der Waals surface area contributed by atoms with E-state index in [0.29, 0.717) is 22.7 Å². The van der Waals surface area contributed by atoms with Crippen molar-refractivity contribution < 1.29 is 9.90 Å². The minimum absolute atomic E-state index is 0.140. The van der Waals surface area contributed by atoms with Crippen LogP contribution in [0.5, 0.6) is 5.75 Å². The highest BCUT2D eigenvalue weighted by Crippen LogP contribution is 2.27. The number of phenols is 1. The number of hydrogen-bond donors (Lipinski definition) is 3. The summed E-state index contributed by atoms with van der Waals surface area (Å²) < 4.78 is 0. The summed E-state index contributed by atoms with van der Waals surface area (Å²) in [7, 11) is 1.59. The molecule has 110 valence electrons. The highest BCUT2D eigenvalue weighted by molar-refractivity contribution is 6.31. The molecule has 21 heavy (non-hydrogen) atoms. The van der Waals surface area contributed by atoms with Crippen molar-refractivity contribution in [2.45, 2.75) is 13.5 Å². The number of amides is 1. The second-order valence-corrected chi connectivity index (χ2v) is 5.11. The average molecular weight is 305 g/mol. The lowest BCUT2D eigenvalue weighted by Gasteiger charge is -2.13. The molecule has 0 aliphatic rings. The third kappa shape index (κ3) is 3.47. The zero-order chi connectivity index (χ0) is 15.4. The normalized spacial score (nSPS) is 10.2. The van der Waals surface area contributed by atoms with Crippen molar-refractivity contribution in [3.63, 3.8) is 0 Å². The van der Waals surface area contributed by atoms with Gasteiger partial charge in [-0.3, -0.25) is 4.79 Å².